The van der Waals surface area contributed by atoms with E-state index in [1.54, 1.807) is 0 Å². The van der Waals surface area contributed by atoms with Crippen LogP contribution in [0.5, 0.6) is 0 Å². The van der Waals surface area contributed by atoms with Crippen molar-refractivity contribution in [3.8, 4) is 55.9 Å². The third kappa shape index (κ3) is 6.74. The van der Waals surface area contributed by atoms with Gasteiger partial charge in [-0.2, -0.15) is 0 Å². The first-order valence-corrected chi connectivity index (χ1v) is 27.4. The van der Waals surface area contributed by atoms with Gasteiger partial charge in [0, 0.05) is 45.3 Å². The molecule has 0 N–H and O–H groups in total. The van der Waals surface area contributed by atoms with Crippen molar-refractivity contribution < 1.29 is 0 Å². The zero-order valence-corrected chi connectivity index (χ0v) is 44.1. The van der Waals surface area contributed by atoms with Gasteiger partial charge >= 0.3 is 0 Å². The molecule has 0 saturated heterocycles. The average Bonchev–Trinajstić information content (AvgIpc) is 4.05. The summed E-state index contributed by atoms with van der Waals surface area (Å²) in [6.45, 7) is 11.4. The van der Waals surface area contributed by atoms with Gasteiger partial charge in [0.1, 0.15) is 0 Å². The molecule has 4 heteroatoms. The molecule has 15 rings (SSSR count). The molecule has 0 amide bonds. The lowest BCUT2D eigenvalue weighted by atomic mass is 9.33. The summed E-state index contributed by atoms with van der Waals surface area (Å²) in [4.78, 5) is 10.6. The van der Waals surface area contributed by atoms with Gasteiger partial charge < -0.3 is 9.80 Å². The molecule has 0 fully saturated rings. The molecule has 1 aromatic heterocycles. The lowest BCUT2D eigenvalue weighted by Gasteiger charge is -2.45. The van der Waals surface area contributed by atoms with E-state index in [9.17, 15) is 0 Å². The van der Waals surface area contributed by atoms with Crippen LogP contribution in [0.2, 0.25) is 0 Å². The summed E-state index contributed by atoms with van der Waals surface area (Å²) in [5, 5.41) is 0. The Morgan fingerprint density at radius 3 is 1.55 bits per heavy atom. The summed E-state index contributed by atoms with van der Waals surface area (Å²) in [5.41, 5.74) is 31.4. The zero-order valence-electron chi connectivity index (χ0n) is 44.1. The Balaban J connectivity index is 1.01. The van der Waals surface area contributed by atoms with Crippen LogP contribution in [-0.4, -0.2) is 11.7 Å². The van der Waals surface area contributed by atoms with Gasteiger partial charge in [-0.1, -0.05) is 198 Å². The Bertz CT molecular complexity index is 4120. The summed E-state index contributed by atoms with van der Waals surface area (Å²) in [6.07, 6.45) is 0. The Morgan fingerprint density at radius 1 is 0.364 bits per heavy atom. The molecule has 1 atom stereocenters. The molecule has 0 bridgehead atoms. The smallest absolute Gasteiger partial charge is 0.252 e. The van der Waals surface area contributed by atoms with Crippen LogP contribution in [0.4, 0.5) is 34.1 Å². The molecule has 11 aromatic rings. The van der Waals surface area contributed by atoms with Crippen LogP contribution >= 0.6 is 0 Å². The number of hydrogen-bond acceptors (Lipinski definition) is 3. The van der Waals surface area contributed by atoms with E-state index in [1.165, 1.54) is 112 Å². The lowest BCUT2D eigenvalue weighted by molar-refractivity contribution is 0.794. The third-order valence-electron chi connectivity index (χ3n) is 17.2. The predicted octanol–water partition coefficient (Wildman–Crippen LogP) is 17.1. The van der Waals surface area contributed by atoms with Gasteiger partial charge in [-0.15, -0.1) is 0 Å². The van der Waals surface area contributed by atoms with E-state index in [1.807, 2.05) is 0 Å². The van der Waals surface area contributed by atoms with Gasteiger partial charge in [-0.05, 0) is 174 Å². The maximum absolute atomic E-state index is 5.50. The van der Waals surface area contributed by atoms with Gasteiger partial charge in [0.2, 0.25) is 0 Å². The molecular weight excluding hydrogens is 930 g/mol. The van der Waals surface area contributed by atoms with E-state index in [0.29, 0.717) is 11.8 Å². The fourth-order valence-electron chi connectivity index (χ4n) is 13.7. The van der Waals surface area contributed by atoms with Gasteiger partial charge in [0.15, 0.2) is 0 Å². The van der Waals surface area contributed by atoms with Crippen LogP contribution in [-0.2, 0) is 5.41 Å². The minimum absolute atomic E-state index is 0.0269. The van der Waals surface area contributed by atoms with Crippen molar-refractivity contribution in [3.05, 3.63) is 276 Å². The van der Waals surface area contributed by atoms with E-state index in [-0.39, 0.29) is 6.71 Å². The number of pyridine rings is 1. The van der Waals surface area contributed by atoms with E-state index in [0.717, 1.165) is 33.8 Å². The number of fused-ring (bicyclic) bond motifs is 14. The van der Waals surface area contributed by atoms with E-state index in [2.05, 4.69) is 281 Å². The molecular formula is C73H56BN3. The summed E-state index contributed by atoms with van der Waals surface area (Å²) >= 11 is 0. The Morgan fingerprint density at radius 2 is 0.883 bits per heavy atom. The van der Waals surface area contributed by atoms with Gasteiger partial charge in [-0.3, -0.25) is 0 Å². The summed E-state index contributed by atoms with van der Waals surface area (Å²) in [5.74, 6) is 0.807. The Hall–Kier alpha value is -8.99. The third-order valence-corrected chi connectivity index (χ3v) is 17.2. The highest BCUT2D eigenvalue weighted by molar-refractivity contribution is 7.00. The molecule has 2 aliphatic carbocycles. The number of hydrogen-bond donors (Lipinski definition) is 0. The van der Waals surface area contributed by atoms with Crippen molar-refractivity contribution in [2.45, 2.75) is 51.9 Å². The molecule has 0 saturated carbocycles. The average molecular weight is 986 g/mol. The fraction of sp³-hybridized carbons (Fsp3) is 0.110. The Labute approximate surface area is 452 Å². The summed E-state index contributed by atoms with van der Waals surface area (Å²) in [6, 6.07) is 89.3. The normalized spacial score (nSPS) is 15.0. The number of aryl methyl sites for hydroxylation is 1. The van der Waals surface area contributed by atoms with Crippen LogP contribution in [0.25, 0.3) is 55.9 Å². The van der Waals surface area contributed by atoms with E-state index >= 15 is 0 Å². The van der Waals surface area contributed by atoms with Crippen LogP contribution in [0.3, 0.4) is 0 Å². The highest BCUT2D eigenvalue weighted by atomic mass is 15.2. The van der Waals surface area contributed by atoms with Crippen molar-refractivity contribution in [2.75, 3.05) is 9.80 Å². The van der Waals surface area contributed by atoms with Crippen LogP contribution in [0.15, 0.2) is 237 Å². The zero-order chi connectivity index (χ0) is 51.7. The number of para-hydroxylation sites is 1. The molecule has 0 radical (unpaired) electrons. The Kier molecular flexibility index (Phi) is 10.2. The molecule has 1 spiro atoms. The van der Waals surface area contributed by atoms with Crippen molar-refractivity contribution in [2.24, 2.45) is 0 Å². The molecule has 77 heavy (non-hydrogen) atoms. The predicted molar refractivity (Wildman–Crippen MR) is 324 cm³/mol. The van der Waals surface area contributed by atoms with E-state index < -0.39 is 5.41 Å². The largest absolute Gasteiger partial charge is 0.311 e. The minimum Gasteiger partial charge on any atom is -0.311 e. The second kappa shape index (κ2) is 17.3. The lowest BCUT2D eigenvalue weighted by Crippen LogP contribution is -2.61. The molecule has 366 valence electrons. The van der Waals surface area contributed by atoms with E-state index in [4.69, 9.17) is 4.98 Å². The van der Waals surface area contributed by atoms with Gasteiger partial charge in [0.05, 0.1) is 16.8 Å². The highest BCUT2D eigenvalue weighted by Gasteiger charge is 2.54. The molecule has 4 aliphatic rings. The quantitative estimate of drug-likeness (QED) is 0.148. The standard InChI is InChI=1S/C73H56BN3/c1-45(2)48-29-33-55(34-30-48)76-68-36-32-51(46(3)4)40-64(68)74-65-43-59-57-26-16-18-28-61(57)73(63(59)44-69(65)77(54-23-13-8-14-24-54)71-38-47(5)37-70(76)72(71)74)60-27-17-15-25-56(60)58-35-31-52(39-62(58)73)67-42-53(49-19-9-6-10-20-49)41-66(75-67)50-21-11-7-12-22-50/h6-46H,1-5H3. The first-order chi connectivity index (χ1) is 37.7. The van der Waals surface area contributed by atoms with Crippen LogP contribution in [0, 0.1) is 6.92 Å². The maximum atomic E-state index is 5.50. The van der Waals surface area contributed by atoms with Gasteiger partial charge in [-0.25, -0.2) is 4.98 Å². The molecule has 2 aliphatic heterocycles. The highest BCUT2D eigenvalue weighted by Crippen LogP contribution is 2.64. The number of anilines is 6. The second-order valence-corrected chi connectivity index (χ2v) is 22.3. The first-order valence-electron chi connectivity index (χ1n) is 27.4. The fourth-order valence-corrected chi connectivity index (χ4v) is 13.7. The van der Waals surface area contributed by atoms with Crippen molar-refractivity contribution in [1.29, 1.82) is 0 Å². The molecule has 1 unspecified atom stereocenters. The molecule has 3 nitrogen and oxygen atoms in total. The number of nitrogens with zero attached hydrogens (tertiary/aromatic N) is 3. The number of benzene rings is 10. The minimum atomic E-state index is -0.614. The SMILES string of the molecule is Cc1cc2c3c(c1)N(c1ccccc1)c1cc4c(cc1B3c1cc(C(C)C)ccc1N2c1ccc(C(C)C)cc1)-c1ccccc1C41c2ccccc2-c2ccc(-c3cc(-c4ccccc4)cc(-c4ccccc4)n3)cc21. The first kappa shape index (κ1) is 45.4. The monoisotopic (exact) mass is 985 g/mol. The molecule has 3 heterocycles. The summed E-state index contributed by atoms with van der Waals surface area (Å²) in [7, 11) is 0. The maximum Gasteiger partial charge on any atom is 0.252 e. The number of aromatic nitrogens is 1. The topological polar surface area (TPSA) is 19.4 Å². The van der Waals surface area contributed by atoms with Crippen molar-refractivity contribution in [3.63, 3.8) is 0 Å². The van der Waals surface area contributed by atoms with Gasteiger partial charge in [0.25, 0.3) is 6.71 Å². The number of rotatable bonds is 7. The van der Waals surface area contributed by atoms with Crippen LogP contribution in [0.1, 0.15) is 78.5 Å². The molecule has 10 aromatic carbocycles. The van der Waals surface area contributed by atoms with Crippen molar-refractivity contribution in [1.82, 2.24) is 4.98 Å². The van der Waals surface area contributed by atoms with Crippen LogP contribution < -0.4 is 26.2 Å². The second-order valence-electron chi connectivity index (χ2n) is 22.3. The van der Waals surface area contributed by atoms with Crippen molar-refractivity contribution >= 4 is 57.2 Å². The summed E-state index contributed by atoms with van der Waals surface area (Å²) < 4.78 is 0.